The van der Waals surface area contributed by atoms with Gasteiger partial charge in [0.15, 0.2) is 0 Å². The summed E-state index contributed by atoms with van der Waals surface area (Å²) < 4.78 is 2.16. The summed E-state index contributed by atoms with van der Waals surface area (Å²) in [6.45, 7) is 6.57. The Morgan fingerprint density at radius 3 is 2.67 bits per heavy atom. The molecule has 0 atom stereocenters. The number of nitrogens with zero attached hydrogens (tertiary/aromatic N) is 2. The van der Waals surface area contributed by atoms with Crippen molar-refractivity contribution in [2.45, 2.75) is 26.7 Å². The van der Waals surface area contributed by atoms with Gasteiger partial charge >= 0.3 is 0 Å². The lowest BCUT2D eigenvalue weighted by Crippen LogP contribution is -2.03. The Hall–Kier alpha value is -1.51. The van der Waals surface area contributed by atoms with E-state index in [1.165, 1.54) is 11.3 Å². The second-order valence-electron chi connectivity index (χ2n) is 4.12. The Labute approximate surface area is 90.1 Å². The van der Waals surface area contributed by atoms with E-state index in [1.54, 1.807) is 0 Å². The van der Waals surface area contributed by atoms with Crippen molar-refractivity contribution in [1.82, 2.24) is 9.38 Å². The molecule has 0 aliphatic heterocycles. The molecule has 0 saturated carbocycles. The lowest BCUT2D eigenvalue weighted by Gasteiger charge is -2.12. The molecular formula is C12H17N3. The molecule has 0 unspecified atom stereocenters. The maximum atomic E-state index is 4.33. The highest BCUT2D eigenvalue weighted by atomic mass is 15.2. The average molecular weight is 203 g/mol. The molecule has 0 radical (unpaired) electrons. The Bertz CT molecular complexity index is 483. The van der Waals surface area contributed by atoms with Gasteiger partial charge in [-0.2, -0.15) is 0 Å². The number of hydrogen-bond donors (Lipinski definition) is 1. The average Bonchev–Trinajstić information content (AvgIpc) is 2.61. The number of imidazole rings is 1. The minimum Gasteiger partial charge on any atom is -0.358 e. The van der Waals surface area contributed by atoms with E-state index in [0.717, 1.165) is 11.5 Å². The third-order valence-electron chi connectivity index (χ3n) is 2.82. The van der Waals surface area contributed by atoms with Crippen LogP contribution in [-0.2, 0) is 0 Å². The highest BCUT2D eigenvalue weighted by molar-refractivity contribution is 5.55. The van der Waals surface area contributed by atoms with Crippen LogP contribution in [0.1, 0.15) is 31.0 Å². The molecule has 0 aliphatic rings. The second-order valence-corrected chi connectivity index (χ2v) is 4.12. The highest BCUT2D eigenvalue weighted by Crippen LogP contribution is 2.23. The molecule has 3 heteroatoms. The van der Waals surface area contributed by atoms with Crippen LogP contribution in [0.3, 0.4) is 0 Å². The zero-order valence-corrected chi connectivity index (χ0v) is 9.70. The number of fused-ring (bicyclic) bond motifs is 1. The molecule has 0 aromatic carbocycles. The summed E-state index contributed by atoms with van der Waals surface area (Å²) in [6.07, 6.45) is 1.89. The number of rotatable bonds is 2. The van der Waals surface area contributed by atoms with Crippen LogP contribution >= 0.6 is 0 Å². The number of pyridine rings is 1. The Morgan fingerprint density at radius 2 is 2.07 bits per heavy atom. The van der Waals surface area contributed by atoms with Crippen molar-refractivity contribution in [3.05, 3.63) is 29.6 Å². The van der Waals surface area contributed by atoms with E-state index in [0.29, 0.717) is 5.92 Å². The number of aryl methyl sites for hydroxylation is 1. The van der Waals surface area contributed by atoms with E-state index in [1.807, 2.05) is 13.2 Å². The van der Waals surface area contributed by atoms with Crippen LogP contribution in [0.15, 0.2) is 18.3 Å². The first-order valence-corrected chi connectivity index (χ1v) is 5.30. The second kappa shape index (κ2) is 3.57. The molecule has 0 saturated heterocycles. The molecule has 2 heterocycles. The number of hydrogen-bond acceptors (Lipinski definition) is 2. The highest BCUT2D eigenvalue weighted by Gasteiger charge is 2.09. The monoisotopic (exact) mass is 203 g/mol. The molecular weight excluding hydrogens is 186 g/mol. The molecule has 1 N–H and O–H groups in total. The van der Waals surface area contributed by atoms with Crippen molar-refractivity contribution in [3.63, 3.8) is 0 Å². The minimum atomic E-state index is 0.543. The van der Waals surface area contributed by atoms with Gasteiger partial charge in [0.25, 0.3) is 0 Å². The molecule has 0 spiro atoms. The predicted octanol–water partition coefficient (Wildman–Crippen LogP) is 2.81. The van der Waals surface area contributed by atoms with Gasteiger partial charge in [-0.25, -0.2) is 4.98 Å². The van der Waals surface area contributed by atoms with E-state index < -0.39 is 0 Å². The van der Waals surface area contributed by atoms with Crippen molar-refractivity contribution in [2.24, 2.45) is 0 Å². The van der Waals surface area contributed by atoms with E-state index in [-0.39, 0.29) is 0 Å². The summed E-state index contributed by atoms with van der Waals surface area (Å²) in [5.74, 6) is 1.45. The third-order valence-corrected chi connectivity index (χ3v) is 2.82. The lowest BCUT2D eigenvalue weighted by atomic mass is 10.0. The van der Waals surface area contributed by atoms with E-state index >= 15 is 0 Å². The Morgan fingerprint density at radius 1 is 1.33 bits per heavy atom. The standard InChI is InChI=1S/C12H17N3/c1-8(2)11-6-5-10-7-14-12(13-4)15(10)9(11)3/h5-8H,1-4H3,(H,13,14). The summed E-state index contributed by atoms with van der Waals surface area (Å²) in [7, 11) is 1.90. The fourth-order valence-electron chi connectivity index (χ4n) is 2.05. The number of nitrogens with one attached hydrogen (secondary N) is 1. The molecule has 2 rings (SSSR count). The molecule has 3 nitrogen and oxygen atoms in total. The van der Waals surface area contributed by atoms with Crippen LogP contribution in [0, 0.1) is 6.92 Å². The Balaban J connectivity index is 2.75. The third kappa shape index (κ3) is 1.48. The molecule has 2 aromatic heterocycles. The van der Waals surface area contributed by atoms with Crippen LogP contribution < -0.4 is 5.32 Å². The van der Waals surface area contributed by atoms with Gasteiger partial charge in [-0.05, 0) is 24.5 Å². The smallest absolute Gasteiger partial charge is 0.207 e. The van der Waals surface area contributed by atoms with Gasteiger partial charge < -0.3 is 5.32 Å². The zero-order chi connectivity index (χ0) is 11.0. The normalized spacial score (nSPS) is 11.3. The fraction of sp³-hybridized carbons (Fsp3) is 0.417. The van der Waals surface area contributed by atoms with E-state index in [9.17, 15) is 0 Å². The molecule has 80 valence electrons. The molecule has 0 fully saturated rings. The van der Waals surface area contributed by atoms with E-state index in [4.69, 9.17) is 0 Å². The first-order chi connectivity index (χ1) is 7.15. The molecule has 0 amide bonds. The maximum absolute atomic E-state index is 4.33. The van der Waals surface area contributed by atoms with Gasteiger partial charge in [-0.15, -0.1) is 0 Å². The lowest BCUT2D eigenvalue weighted by molar-refractivity contribution is 0.835. The van der Waals surface area contributed by atoms with E-state index in [2.05, 4.69) is 47.6 Å². The molecule has 2 aromatic rings. The van der Waals surface area contributed by atoms with Crippen LogP contribution in [-0.4, -0.2) is 16.4 Å². The van der Waals surface area contributed by atoms with Crippen molar-refractivity contribution in [1.29, 1.82) is 0 Å². The van der Waals surface area contributed by atoms with Gasteiger partial charge in [-0.1, -0.05) is 19.9 Å². The minimum absolute atomic E-state index is 0.543. The Kier molecular flexibility index (Phi) is 2.39. The molecule has 0 aliphatic carbocycles. The van der Waals surface area contributed by atoms with Crippen molar-refractivity contribution in [2.75, 3.05) is 12.4 Å². The van der Waals surface area contributed by atoms with Gasteiger partial charge in [0.2, 0.25) is 5.95 Å². The SMILES string of the molecule is CNc1ncc2ccc(C(C)C)c(C)n12. The largest absolute Gasteiger partial charge is 0.358 e. The van der Waals surface area contributed by atoms with Crippen LogP contribution in [0.5, 0.6) is 0 Å². The molecule has 15 heavy (non-hydrogen) atoms. The van der Waals surface area contributed by atoms with Crippen molar-refractivity contribution >= 4 is 11.5 Å². The zero-order valence-electron chi connectivity index (χ0n) is 9.70. The summed E-state index contributed by atoms with van der Waals surface area (Å²) in [6, 6.07) is 4.31. The first-order valence-electron chi connectivity index (χ1n) is 5.30. The first kappa shape index (κ1) is 10.0. The summed E-state index contributed by atoms with van der Waals surface area (Å²) in [4.78, 5) is 4.33. The quantitative estimate of drug-likeness (QED) is 0.813. The van der Waals surface area contributed by atoms with Crippen LogP contribution in [0.25, 0.3) is 5.52 Å². The topological polar surface area (TPSA) is 29.3 Å². The predicted molar refractivity (Wildman–Crippen MR) is 63.6 cm³/mol. The molecule has 0 bridgehead atoms. The summed E-state index contributed by atoms with van der Waals surface area (Å²) in [5.41, 5.74) is 3.78. The van der Waals surface area contributed by atoms with Crippen LogP contribution in [0.4, 0.5) is 5.95 Å². The van der Waals surface area contributed by atoms with Crippen LogP contribution in [0.2, 0.25) is 0 Å². The fourth-order valence-corrected chi connectivity index (χ4v) is 2.05. The summed E-state index contributed by atoms with van der Waals surface area (Å²) in [5, 5.41) is 3.11. The van der Waals surface area contributed by atoms with Gasteiger partial charge in [0.1, 0.15) is 0 Å². The van der Waals surface area contributed by atoms with Gasteiger partial charge in [0.05, 0.1) is 11.7 Å². The van der Waals surface area contributed by atoms with Crippen molar-refractivity contribution in [3.8, 4) is 0 Å². The number of anilines is 1. The summed E-state index contributed by atoms with van der Waals surface area (Å²) >= 11 is 0. The van der Waals surface area contributed by atoms with Gasteiger partial charge in [-0.3, -0.25) is 4.40 Å². The van der Waals surface area contributed by atoms with Crippen molar-refractivity contribution < 1.29 is 0 Å². The maximum Gasteiger partial charge on any atom is 0.207 e. The van der Waals surface area contributed by atoms with Gasteiger partial charge in [0, 0.05) is 12.7 Å². The number of aromatic nitrogens is 2.